The van der Waals surface area contributed by atoms with Crippen LogP contribution in [-0.4, -0.2) is 24.0 Å². The normalized spacial score (nSPS) is 9.71. The van der Waals surface area contributed by atoms with Gasteiger partial charge in [-0.3, -0.25) is 4.79 Å². The van der Waals surface area contributed by atoms with E-state index in [9.17, 15) is 4.79 Å². The summed E-state index contributed by atoms with van der Waals surface area (Å²) in [4.78, 5) is 16.8. The quantitative estimate of drug-likeness (QED) is 0.904. The molecule has 17 heavy (non-hydrogen) atoms. The Labute approximate surface area is 113 Å². The number of thiophene rings is 1. The maximum absolute atomic E-state index is 11.8. The highest BCUT2D eigenvalue weighted by Crippen LogP contribution is 2.29. The smallest absolute Gasteiger partial charge is 0.271 e. The number of nitrogens with zero attached hydrogens (tertiary/aromatic N) is 1. The Morgan fingerprint density at radius 3 is 3.00 bits per heavy atom. The number of hydrogen-bond donors (Lipinski definition) is 2. The number of thiazole rings is 1. The van der Waals surface area contributed by atoms with Crippen molar-refractivity contribution in [2.45, 2.75) is 0 Å². The topological polar surface area (TPSA) is 68.0 Å². The number of nitrogens with one attached hydrogen (secondary N) is 1. The Morgan fingerprint density at radius 2 is 2.35 bits per heavy atom. The van der Waals surface area contributed by atoms with Crippen molar-refractivity contribution < 1.29 is 4.79 Å². The van der Waals surface area contributed by atoms with E-state index in [1.54, 1.807) is 16.8 Å². The zero-order valence-electron chi connectivity index (χ0n) is 8.88. The summed E-state index contributed by atoms with van der Waals surface area (Å²) in [5, 5.41) is 6.71. The SMILES string of the molecule is Cl.NCCNC(=O)c1ncsc1-c1ccsc1. The van der Waals surface area contributed by atoms with Gasteiger partial charge in [-0.15, -0.1) is 23.7 Å². The van der Waals surface area contributed by atoms with Gasteiger partial charge < -0.3 is 11.1 Å². The van der Waals surface area contributed by atoms with E-state index in [1.165, 1.54) is 11.3 Å². The van der Waals surface area contributed by atoms with Crippen LogP contribution in [0.5, 0.6) is 0 Å². The monoisotopic (exact) mass is 289 g/mol. The number of nitrogens with two attached hydrogens (primary N) is 1. The highest BCUT2D eigenvalue weighted by atomic mass is 35.5. The Hall–Kier alpha value is -0.950. The Morgan fingerprint density at radius 1 is 1.53 bits per heavy atom. The number of halogens is 1. The van der Waals surface area contributed by atoms with E-state index < -0.39 is 0 Å². The second kappa shape index (κ2) is 6.70. The minimum absolute atomic E-state index is 0. The second-order valence-corrected chi connectivity index (χ2v) is 4.72. The lowest BCUT2D eigenvalue weighted by molar-refractivity contribution is 0.0951. The molecule has 0 saturated heterocycles. The molecule has 0 aromatic carbocycles. The predicted octanol–water partition coefficient (Wildman–Crippen LogP) is 1.98. The van der Waals surface area contributed by atoms with Gasteiger partial charge in [0.05, 0.1) is 10.4 Å². The standard InChI is InChI=1S/C10H11N3OS2.ClH/c11-2-3-12-10(14)8-9(16-6-13-8)7-1-4-15-5-7;/h1,4-6H,2-3,11H2,(H,12,14);1H. The largest absolute Gasteiger partial charge is 0.349 e. The molecule has 0 aliphatic rings. The first-order chi connectivity index (χ1) is 7.83. The first-order valence-electron chi connectivity index (χ1n) is 4.77. The van der Waals surface area contributed by atoms with Gasteiger partial charge in [0, 0.05) is 18.7 Å². The predicted molar refractivity (Wildman–Crippen MR) is 74.1 cm³/mol. The molecule has 0 fully saturated rings. The lowest BCUT2D eigenvalue weighted by Gasteiger charge is -2.02. The van der Waals surface area contributed by atoms with Gasteiger partial charge in [0.1, 0.15) is 5.69 Å². The maximum atomic E-state index is 11.8. The molecule has 0 unspecified atom stereocenters. The molecule has 0 bridgehead atoms. The molecule has 7 heteroatoms. The molecule has 0 aliphatic carbocycles. The maximum Gasteiger partial charge on any atom is 0.271 e. The van der Waals surface area contributed by atoms with E-state index in [4.69, 9.17) is 5.73 Å². The van der Waals surface area contributed by atoms with Crippen molar-refractivity contribution in [3.63, 3.8) is 0 Å². The first kappa shape index (κ1) is 14.1. The third-order valence-corrected chi connectivity index (χ3v) is 3.55. The first-order valence-corrected chi connectivity index (χ1v) is 6.59. The van der Waals surface area contributed by atoms with E-state index >= 15 is 0 Å². The molecular formula is C10H12ClN3OS2. The fourth-order valence-electron chi connectivity index (χ4n) is 1.28. The molecule has 4 nitrogen and oxygen atoms in total. The number of amides is 1. The van der Waals surface area contributed by atoms with Crippen molar-refractivity contribution in [1.82, 2.24) is 10.3 Å². The Balaban J connectivity index is 0.00000144. The average molecular weight is 290 g/mol. The molecule has 92 valence electrons. The van der Waals surface area contributed by atoms with Crippen LogP contribution in [0.1, 0.15) is 10.5 Å². The fraction of sp³-hybridized carbons (Fsp3) is 0.200. The van der Waals surface area contributed by atoms with Crippen molar-refractivity contribution in [2.24, 2.45) is 5.73 Å². The molecule has 0 aliphatic heterocycles. The van der Waals surface area contributed by atoms with E-state index in [2.05, 4.69) is 10.3 Å². The van der Waals surface area contributed by atoms with Gasteiger partial charge in [0.2, 0.25) is 0 Å². The minimum Gasteiger partial charge on any atom is -0.349 e. The Kier molecular flexibility index (Phi) is 5.57. The van der Waals surface area contributed by atoms with Crippen LogP contribution in [0.15, 0.2) is 22.3 Å². The summed E-state index contributed by atoms with van der Waals surface area (Å²) in [6.07, 6.45) is 0. The Bertz CT molecular complexity index is 470. The van der Waals surface area contributed by atoms with Crippen LogP contribution in [0, 0.1) is 0 Å². The highest BCUT2D eigenvalue weighted by molar-refractivity contribution is 7.14. The van der Waals surface area contributed by atoms with Gasteiger partial charge in [0.15, 0.2) is 0 Å². The minimum atomic E-state index is -0.159. The molecule has 0 radical (unpaired) electrons. The van der Waals surface area contributed by atoms with Crippen LogP contribution in [0.4, 0.5) is 0 Å². The van der Waals surface area contributed by atoms with Gasteiger partial charge >= 0.3 is 0 Å². The van der Waals surface area contributed by atoms with Gasteiger partial charge in [-0.25, -0.2) is 4.98 Å². The number of rotatable bonds is 4. The van der Waals surface area contributed by atoms with Crippen molar-refractivity contribution in [2.75, 3.05) is 13.1 Å². The number of carbonyl (C=O) groups excluding carboxylic acids is 1. The van der Waals surface area contributed by atoms with Crippen molar-refractivity contribution in [3.05, 3.63) is 28.0 Å². The van der Waals surface area contributed by atoms with Crippen LogP contribution in [0.3, 0.4) is 0 Å². The summed E-state index contributed by atoms with van der Waals surface area (Å²) in [5.74, 6) is -0.159. The van der Waals surface area contributed by atoms with E-state index in [1.807, 2.05) is 16.8 Å². The van der Waals surface area contributed by atoms with E-state index in [0.29, 0.717) is 18.8 Å². The zero-order valence-corrected chi connectivity index (χ0v) is 11.3. The van der Waals surface area contributed by atoms with E-state index in [-0.39, 0.29) is 18.3 Å². The molecule has 1 amide bonds. The number of aromatic nitrogens is 1. The lowest BCUT2D eigenvalue weighted by atomic mass is 10.2. The molecule has 0 spiro atoms. The van der Waals surface area contributed by atoms with Gasteiger partial charge in [-0.1, -0.05) is 0 Å². The summed E-state index contributed by atoms with van der Waals surface area (Å²) in [5.41, 5.74) is 8.55. The van der Waals surface area contributed by atoms with E-state index in [0.717, 1.165) is 10.4 Å². The third kappa shape index (κ3) is 3.26. The molecule has 2 aromatic heterocycles. The molecular weight excluding hydrogens is 278 g/mol. The molecule has 2 rings (SSSR count). The van der Waals surface area contributed by atoms with Gasteiger partial charge in [-0.05, 0) is 16.8 Å². The van der Waals surface area contributed by atoms with Crippen LogP contribution in [-0.2, 0) is 0 Å². The summed E-state index contributed by atoms with van der Waals surface area (Å²) >= 11 is 3.08. The molecule has 3 N–H and O–H groups in total. The zero-order chi connectivity index (χ0) is 11.4. The molecule has 0 saturated carbocycles. The number of hydrogen-bond acceptors (Lipinski definition) is 5. The summed E-state index contributed by atoms with van der Waals surface area (Å²) in [6, 6.07) is 1.98. The fourth-order valence-corrected chi connectivity index (χ4v) is 2.78. The van der Waals surface area contributed by atoms with Crippen molar-refractivity contribution >= 4 is 41.0 Å². The van der Waals surface area contributed by atoms with Gasteiger partial charge in [0.25, 0.3) is 5.91 Å². The third-order valence-electron chi connectivity index (χ3n) is 2.00. The van der Waals surface area contributed by atoms with Crippen LogP contribution < -0.4 is 11.1 Å². The number of carbonyl (C=O) groups is 1. The highest BCUT2D eigenvalue weighted by Gasteiger charge is 2.15. The van der Waals surface area contributed by atoms with Gasteiger partial charge in [-0.2, -0.15) is 11.3 Å². The van der Waals surface area contributed by atoms with Crippen LogP contribution in [0.2, 0.25) is 0 Å². The van der Waals surface area contributed by atoms with Crippen LogP contribution >= 0.6 is 35.1 Å². The molecule has 2 aromatic rings. The van der Waals surface area contributed by atoms with Crippen molar-refractivity contribution in [1.29, 1.82) is 0 Å². The second-order valence-electron chi connectivity index (χ2n) is 3.09. The summed E-state index contributed by atoms with van der Waals surface area (Å²) in [6.45, 7) is 0.906. The average Bonchev–Trinajstić information content (AvgIpc) is 2.94. The summed E-state index contributed by atoms with van der Waals surface area (Å²) < 4.78 is 0. The van der Waals surface area contributed by atoms with Crippen molar-refractivity contribution in [3.8, 4) is 10.4 Å². The summed E-state index contributed by atoms with van der Waals surface area (Å²) in [7, 11) is 0. The van der Waals surface area contributed by atoms with Crippen LogP contribution in [0.25, 0.3) is 10.4 Å². The lowest BCUT2D eigenvalue weighted by Crippen LogP contribution is -2.29. The molecule has 0 atom stereocenters. The molecule has 2 heterocycles.